The van der Waals surface area contributed by atoms with E-state index in [0.717, 1.165) is 5.92 Å². The molecule has 0 aliphatic heterocycles. The van der Waals surface area contributed by atoms with Crippen LogP contribution >= 0.6 is 0 Å². The van der Waals surface area contributed by atoms with Gasteiger partial charge in [-0.1, -0.05) is 32.6 Å². The lowest BCUT2D eigenvalue weighted by atomic mass is 9.83. The second kappa shape index (κ2) is 6.05. The molecule has 0 bridgehead atoms. The molecule has 0 radical (unpaired) electrons. The molecule has 2 heteroatoms. The molecule has 0 aromatic rings. The molecule has 1 rings (SSSR count). The Morgan fingerprint density at radius 2 is 1.80 bits per heavy atom. The minimum absolute atomic E-state index is 0.594. The lowest BCUT2D eigenvalue weighted by Gasteiger charge is -2.36. The standard InChI is InChI=1S/C13H28OSi/c1-5-6-9-12-10-7-8-11-13(12)14-15(2,3)4/h12-13H,5-11H2,1-4H3. The molecular formula is C13H28OSi. The van der Waals surface area contributed by atoms with Crippen molar-refractivity contribution in [1.82, 2.24) is 0 Å². The van der Waals surface area contributed by atoms with Crippen LogP contribution in [0.1, 0.15) is 51.9 Å². The predicted octanol–water partition coefficient (Wildman–Crippen LogP) is 4.59. The molecule has 1 fully saturated rings. The van der Waals surface area contributed by atoms with E-state index in [4.69, 9.17) is 4.43 Å². The van der Waals surface area contributed by atoms with Crippen molar-refractivity contribution in [3.63, 3.8) is 0 Å². The SMILES string of the molecule is CCCCC1CCCCC1O[Si](C)(C)C. The van der Waals surface area contributed by atoms with E-state index in [-0.39, 0.29) is 0 Å². The fourth-order valence-corrected chi connectivity index (χ4v) is 3.80. The van der Waals surface area contributed by atoms with Gasteiger partial charge in [0, 0.05) is 6.10 Å². The van der Waals surface area contributed by atoms with Gasteiger partial charge in [0.05, 0.1) is 0 Å². The van der Waals surface area contributed by atoms with Gasteiger partial charge in [-0.2, -0.15) is 0 Å². The molecule has 0 aromatic heterocycles. The first-order valence-corrected chi connectivity index (χ1v) is 10.1. The lowest BCUT2D eigenvalue weighted by Crippen LogP contribution is -2.38. The Morgan fingerprint density at radius 1 is 1.13 bits per heavy atom. The maximum atomic E-state index is 6.33. The Labute approximate surface area is 96.7 Å². The number of hydrogen-bond donors (Lipinski definition) is 0. The third kappa shape index (κ3) is 5.16. The summed E-state index contributed by atoms with van der Waals surface area (Å²) in [6.45, 7) is 9.24. The van der Waals surface area contributed by atoms with E-state index in [1.165, 1.54) is 44.9 Å². The van der Waals surface area contributed by atoms with E-state index in [1.54, 1.807) is 0 Å². The molecule has 1 aliphatic carbocycles. The quantitative estimate of drug-likeness (QED) is 0.626. The predicted molar refractivity (Wildman–Crippen MR) is 69.7 cm³/mol. The van der Waals surface area contributed by atoms with Gasteiger partial charge in [0.25, 0.3) is 0 Å². The molecule has 2 atom stereocenters. The first kappa shape index (κ1) is 13.2. The Kier molecular flexibility index (Phi) is 5.34. The van der Waals surface area contributed by atoms with Crippen molar-refractivity contribution in [3.05, 3.63) is 0 Å². The highest BCUT2D eigenvalue weighted by molar-refractivity contribution is 6.69. The van der Waals surface area contributed by atoms with Gasteiger partial charge >= 0.3 is 0 Å². The third-order valence-corrected chi connectivity index (χ3v) is 4.28. The van der Waals surface area contributed by atoms with E-state index in [1.807, 2.05) is 0 Å². The van der Waals surface area contributed by atoms with Crippen molar-refractivity contribution in [2.45, 2.75) is 77.6 Å². The minimum atomic E-state index is -1.33. The molecule has 1 aliphatic rings. The first-order chi connectivity index (χ1) is 7.03. The van der Waals surface area contributed by atoms with Gasteiger partial charge < -0.3 is 4.43 Å². The van der Waals surface area contributed by atoms with Crippen LogP contribution in [0.5, 0.6) is 0 Å². The number of unbranched alkanes of at least 4 members (excludes halogenated alkanes) is 1. The smallest absolute Gasteiger partial charge is 0.184 e. The van der Waals surface area contributed by atoms with Crippen LogP contribution in [-0.4, -0.2) is 14.4 Å². The van der Waals surface area contributed by atoms with Crippen LogP contribution in [-0.2, 0) is 4.43 Å². The molecule has 1 saturated carbocycles. The van der Waals surface area contributed by atoms with E-state index >= 15 is 0 Å². The molecule has 0 amide bonds. The summed E-state index contributed by atoms with van der Waals surface area (Å²) in [5.41, 5.74) is 0. The van der Waals surface area contributed by atoms with Crippen LogP contribution in [0, 0.1) is 5.92 Å². The zero-order chi connectivity index (χ0) is 11.3. The van der Waals surface area contributed by atoms with Crippen LogP contribution in [0.4, 0.5) is 0 Å². The van der Waals surface area contributed by atoms with E-state index in [9.17, 15) is 0 Å². The van der Waals surface area contributed by atoms with Gasteiger partial charge in [0.15, 0.2) is 8.32 Å². The highest BCUT2D eigenvalue weighted by Crippen LogP contribution is 2.32. The fourth-order valence-electron chi connectivity index (χ4n) is 2.58. The van der Waals surface area contributed by atoms with Crippen LogP contribution in [0.3, 0.4) is 0 Å². The second-order valence-corrected chi connectivity index (χ2v) is 10.4. The molecule has 90 valence electrons. The van der Waals surface area contributed by atoms with Gasteiger partial charge in [-0.15, -0.1) is 0 Å². The van der Waals surface area contributed by atoms with Crippen molar-refractivity contribution in [3.8, 4) is 0 Å². The molecule has 15 heavy (non-hydrogen) atoms. The number of rotatable bonds is 5. The van der Waals surface area contributed by atoms with Crippen molar-refractivity contribution in [2.24, 2.45) is 5.92 Å². The molecule has 1 nitrogen and oxygen atoms in total. The van der Waals surface area contributed by atoms with Crippen molar-refractivity contribution < 1.29 is 4.43 Å². The van der Waals surface area contributed by atoms with Crippen LogP contribution < -0.4 is 0 Å². The maximum Gasteiger partial charge on any atom is 0.184 e. The second-order valence-electron chi connectivity index (χ2n) is 5.96. The third-order valence-electron chi connectivity index (χ3n) is 3.27. The van der Waals surface area contributed by atoms with Crippen molar-refractivity contribution in [2.75, 3.05) is 0 Å². The molecule has 0 aromatic carbocycles. The van der Waals surface area contributed by atoms with E-state index < -0.39 is 8.32 Å². The summed E-state index contributed by atoms with van der Waals surface area (Å²) in [6.07, 6.45) is 10.3. The zero-order valence-electron chi connectivity index (χ0n) is 11.0. The summed E-state index contributed by atoms with van der Waals surface area (Å²) < 4.78 is 6.33. The van der Waals surface area contributed by atoms with Crippen molar-refractivity contribution >= 4 is 8.32 Å². The monoisotopic (exact) mass is 228 g/mol. The topological polar surface area (TPSA) is 9.23 Å². The van der Waals surface area contributed by atoms with Crippen LogP contribution in [0.15, 0.2) is 0 Å². The Bertz CT molecular complexity index is 174. The average Bonchev–Trinajstić information content (AvgIpc) is 2.14. The normalized spacial score (nSPS) is 28.0. The molecule has 0 saturated heterocycles. The maximum absolute atomic E-state index is 6.33. The molecule has 2 unspecified atom stereocenters. The summed E-state index contributed by atoms with van der Waals surface area (Å²) in [7, 11) is -1.33. The molecular weight excluding hydrogens is 200 g/mol. The van der Waals surface area contributed by atoms with Crippen molar-refractivity contribution in [1.29, 1.82) is 0 Å². The Hall–Kier alpha value is 0.177. The highest BCUT2D eigenvalue weighted by atomic mass is 28.4. The van der Waals surface area contributed by atoms with Crippen LogP contribution in [0.2, 0.25) is 19.6 Å². The summed E-state index contributed by atoms with van der Waals surface area (Å²) in [5.74, 6) is 0.866. The van der Waals surface area contributed by atoms with Gasteiger partial charge in [-0.3, -0.25) is 0 Å². The average molecular weight is 228 g/mol. The van der Waals surface area contributed by atoms with Gasteiger partial charge in [-0.25, -0.2) is 0 Å². The molecule has 0 spiro atoms. The number of hydrogen-bond acceptors (Lipinski definition) is 1. The summed E-state index contributed by atoms with van der Waals surface area (Å²) in [6, 6.07) is 0. The fraction of sp³-hybridized carbons (Fsp3) is 1.00. The minimum Gasteiger partial charge on any atom is -0.414 e. The summed E-state index contributed by atoms with van der Waals surface area (Å²) >= 11 is 0. The lowest BCUT2D eigenvalue weighted by molar-refractivity contribution is 0.0799. The summed E-state index contributed by atoms with van der Waals surface area (Å²) in [5, 5.41) is 0. The Balaban J connectivity index is 2.42. The highest BCUT2D eigenvalue weighted by Gasteiger charge is 2.29. The van der Waals surface area contributed by atoms with Gasteiger partial charge in [0.2, 0.25) is 0 Å². The first-order valence-electron chi connectivity index (χ1n) is 6.71. The molecule has 0 heterocycles. The largest absolute Gasteiger partial charge is 0.414 e. The summed E-state index contributed by atoms with van der Waals surface area (Å²) in [4.78, 5) is 0. The molecule has 0 N–H and O–H groups in total. The van der Waals surface area contributed by atoms with E-state index in [2.05, 4.69) is 26.6 Å². The van der Waals surface area contributed by atoms with E-state index in [0.29, 0.717) is 6.10 Å². The van der Waals surface area contributed by atoms with Crippen LogP contribution in [0.25, 0.3) is 0 Å². The van der Waals surface area contributed by atoms with Gasteiger partial charge in [-0.05, 0) is 44.8 Å². The van der Waals surface area contributed by atoms with Gasteiger partial charge in [0.1, 0.15) is 0 Å². The zero-order valence-corrected chi connectivity index (χ0v) is 12.0. The Morgan fingerprint density at radius 3 is 2.40 bits per heavy atom.